The van der Waals surface area contributed by atoms with Gasteiger partial charge in [0, 0.05) is 18.3 Å². The van der Waals surface area contributed by atoms with Crippen molar-refractivity contribution in [3.8, 4) is 0 Å². The third kappa shape index (κ3) is 6.33. The second kappa shape index (κ2) is 10.3. The number of amides is 3. The van der Waals surface area contributed by atoms with Crippen LogP contribution in [0.4, 0.5) is 11.5 Å². The summed E-state index contributed by atoms with van der Waals surface area (Å²) in [5, 5.41) is 9.13. The SMILES string of the molecule is Cc1cc(NC(=O)CSCC(=O)Nc2cccc(CN3CCCC3C(N)=O)c2)no1. The van der Waals surface area contributed by atoms with Gasteiger partial charge < -0.3 is 20.9 Å². The summed E-state index contributed by atoms with van der Waals surface area (Å²) in [6, 6.07) is 8.90. The number of likely N-dealkylation sites (tertiary alicyclic amines) is 1. The van der Waals surface area contributed by atoms with Gasteiger partial charge >= 0.3 is 0 Å². The number of anilines is 2. The number of aromatic nitrogens is 1. The maximum Gasteiger partial charge on any atom is 0.235 e. The molecular formula is C20H25N5O4S. The van der Waals surface area contributed by atoms with Crippen LogP contribution >= 0.6 is 11.8 Å². The molecule has 3 rings (SSSR count). The fourth-order valence-corrected chi connectivity index (χ4v) is 3.97. The van der Waals surface area contributed by atoms with E-state index in [0.717, 1.165) is 24.9 Å². The maximum absolute atomic E-state index is 12.2. The summed E-state index contributed by atoms with van der Waals surface area (Å²) < 4.78 is 4.88. The molecule has 0 bridgehead atoms. The molecule has 3 amide bonds. The Morgan fingerprint density at radius 3 is 2.70 bits per heavy atom. The minimum atomic E-state index is -0.295. The Balaban J connectivity index is 1.43. The van der Waals surface area contributed by atoms with Gasteiger partial charge in [0.05, 0.1) is 17.5 Å². The van der Waals surface area contributed by atoms with E-state index >= 15 is 0 Å². The lowest BCUT2D eigenvalue weighted by Crippen LogP contribution is -2.39. The van der Waals surface area contributed by atoms with Crippen molar-refractivity contribution in [3.05, 3.63) is 41.7 Å². The number of rotatable bonds is 9. The zero-order chi connectivity index (χ0) is 21.5. The van der Waals surface area contributed by atoms with Crippen molar-refractivity contribution >= 4 is 41.0 Å². The summed E-state index contributed by atoms with van der Waals surface area (Å²) in [7, 11) is 0. The quantitative estimate of drug-likeness (QED) is 0.551. The molecule has 10 heteroatoms. The molecule has 2 aromatic rings. The van der Waals surface area contributed by atoms with Crippen LogP contribution in [0.25, 0.3) is 0 Å². The number of hydrogen-bond acceptors (Lipinski definition) is 7. The molecule has 1 aliphatic rings. The summed E-state index contributed by atoms with van der Waals surface area (Å²) in [6.07, 6.45) is 1.73. The van der Waals surface area contributed by atoms with Crippen molar-refractivity contribution in [1.29, 1.82) is 0 Å². The van der Waals surface area contributed by atoms with E-state index in [4.69, 9.17) is 10.3 Å². The average Bonchev–Trinajstić information content (AvgIpc) is 3.31. The summed E-state index contributed by atoms with van der Waals surface area (Å²) in [5.74, 6) is 0.493. The molecule has 1 unspecified atom stereocenters. The molecule has 160 valence electrons. The summed E-state index contributed by atoms with van der Waals surface area (Å²) in [6.45, 7) is 3.17. The molecule has 2 heterocycles. The molecule has 1 aliphatic heterocycles. The van der Waals surface area contributed by atoms with Gasteiger partial charge in [0.25, 0.3) is 0 Å². The number of aryl methyl sites for hydroxylation is 1. The van der Waals surface area contributed by atoms with E-state index in [9.17, 15) is 14.4 Å². The second-order valence-electron chi connectivity index (χ2n) is 7.14. The van der Waals surface area contributed by atoms with E-state index in [0.29, 0.717) is 23.8 Å². The standard InChI is InChI=1S/C20H25N5O4S/c1-13-8-17(24-29-13)23-19(27)12-30-11-18(26)22-15-5-2-4-14(9-15)10-25-7-3-6-16(25)20(21)28/h2,4-5,8-9,16H,3,6-7,10-12H2,1H3,(H2,21,28)(H,22,26)(H,23,24,27). The van der Waals surface area contributed by atoms with Crippen LogP contribution in [0.15, 0.2) is 34.9 Å². The highest BCUT2D eigenvalue weighted by molar-refractivity contribution is 8.00. The van der Waals surface area contributed by atoms with Gasteiger partial charge in [-0.05, 0) is 44.0 Å². The lowest BCUT2D eigenvalue weighted by atomic mass is 10.1. The van der Waals surface area contributed by atoms with Crippen LogP contribution in [0.3, 0.4) is 0 Å². The zero-order valence-corrected chi connectivity index (χ0v) is 17.5. The number of carbonyl (C=O) groups excluding carboxylic acids is 3. The normalized spacial score (nSPS) is 16.4. The highest BCUT2D eigenvalue weighted by Crippen LogP contribution is 2.21. The minimum Gasteiger partial charge on any atom is -0.368 e. The second-order valence-corrected chi connectivity index (χ2v) is 8.13. The molecule has 1 fully saturated rings. The fraction of sp³-hybridized carbons (Fsp3) is 0.400. The average molecular weight is 432 g/mol. The smallest absolute Gasteiger partial charge is 0.235 e. The Morgan fingerprint density at radius 1 is 1.23 bits per heavy atom. The molecule has 0 saturated carbocycles. The largest absolute Gasteiger partial charge is 0.368 e. The van der Waals surface area contributed by atoms with Crippen LogP contribution in [0.2, 0.25) is 0 Å². The van der Waals surface area contributed by atoms with Gasteiger partial charge in [-0.15, -0.1) is 11.8 Å². The lowest BCUT2D eigenvalue weighted by Gasteiger charge is -2.22. The molecule has 1 atom stereocenters. The minimum absolute atomic E-state index is 0.128. The van der Waals surface area contributed by atoms with Crippen LogP contribution in [0, 0.1) is 6.92 Å². The molecule has 1 saturated heterocycles. The molecule has 1 aromatic carbocycles. The Kier molecular flexibility index (Phi) is 7.47. The van der Waals surface area contributed by atoms with Gasteiger partial charge in [0.15, 0.2) is 5.82 Å². The molecule has 1 aromatic heterocycles. The summed E-state index contributed by atoms with van der Waals surface area (Å²) in [4.78, 5) is 37.7. The third-order valence-electron chi connectivity index (χ3n) is 4.65. The van der Waals surface area contributed by atoms with E-state index in [1.54, 1.807) is 19.1 Å². The Morgan fingerprint density at radius 2 is 2.00 bits per heavy atom. The lowest BCUT2D eigenvalue weighted by molar-refractivity contribution is -0.122. The first kappa shape index (κ1) is 21.8. The number of nitrogens with zero attached hydrogens (tertiary/aromatic N) is 2. The first-order chi connectivity index (χ1) is 14.4. The van der Waals surface area contributed by atoms with Gasteiger partial charge in [0.1, 0.15) is 5.76 Å². The molecule has 0 radical (unpaired) electrons. The predicted octanol–water partition coefficient (Wildman–Crippen LogP) is 1.74. The number of hydrogen-bond donors (Lipinski definition) is 3. The monoisotopic (exact) mass is 431 g/mol. The van der Waals surface area contributed by atoms with E-state index in [1.165, 1.54) is 11.8 Å². The van der Waals surface area contributed by atoms with Crippen molar-refractivity contribution in [1.82, 2.24) is 10.1 Å². The van der Waals surface area contributed by atoms with Crippen molar-refractivity contribution < 1.29 is 18.9 Å². The Bertz CT molecular complexity index is 916. The van der Waals surface area contributed by atoms with E-state index in [-0.39, 0.29) is 35.3 Å². The van der Waals surface area contributed by atoms with Crippen LogP contribution in [-0.2, 0) is 20.9 Å². The van der Waals surface area contributed by atoms with E-state index < -0.39 is 0 Å². The first-order valence-corrected chi connectivity index (χ1v) is 10.8. The highest BCUT2D eigenvalue weighted by Gasteiger charge is 2.28. The Labute approximate surface area is 178 Å². The summed E-state index contributed by atoms with van der Waals surface area (Å²) in [5.41, 5.74) is 7.15. The number of primary amides is 1. The third-order valence-corrected chi connectivity index (χ3v) is 5.58. The predicted molar refractivity (Wildman–Crippen MR) is 115 cm³/mol. The van der Waals surface area contributed by atoms with Crippen molar-refractivity contribution in [2.45, 2.75) is 32.4 Å². The van der Waals surface area contributed by atoms with Crippen molar-refractivity contribution in [3.63, 3.8) is 0 Å². The topological polar surface area (TPSA) is 131 Å². The molecule has 30 heavy (non-hydrogen) atoms. The maximum atomic E-state index is 12.2. The van der Waals surface area contributed by atoms with Crippen LogP contribution in [0.5, 0.6) is 0 Å². The first-order valence-electron chi connectivity index (χ1n) is 9.64. The fourth-order valence-electron chi connectivity index (χ4n) is 3.36. The Hall–Kier alpha value is -2.85. The van der Waals surface area contributed by atoms with Gasteiger partial charge in [-0.2, -0.15) is 0 Å². The zero-order valence-electron chi connectivity index (χ0n) is 16.7. The highest BCUT2D eigenvalue weighted by atomic mass is 32.2. The molecule has 9 nitrogen and oxygen atoms in total. The van der Waals surface area contributed by atoms with Crippen molar-refractivity contribution in [2.75, 3.05) is 28.7 Å². The van der Waals surface area contributed by atoms with Gasteiger partial charge in [-0.3, -0.25) is 19.3 Å². The van der Waals surface area contributed by atoms with E-state index in [1.807, 2.05) is 18.2 Å². The van der Waals surface area contributed by atoms with Crippen LogP contribution in [0.1, 0.15) is 24.2 Å². The number of benzene rings is 1. The van der Waals surface area contributed by atoms with Crippen molar-refractivity contribution in [2.24, 2.45) is 5.73 Å². The number of thioether (sulfide) groups is 1. The number of nitrogens with one attached hydrogen (secondary N) is 2. The molecule has 0 spiro atoms. The summed E-state index contributed by atoms with van der Waals surface area (Å²) >= 11 is 1.21. The van der Waals surface area contributed by atoms with E-state index in [2.05, 4.69) is 20.7 Å². The molecule has 0 aliphatic carbocycles. The van der Waals surface area contributed by atoms with Gasteiger partial charge in [0.2, 0.25) is 17.7 Å². The molecular weight excluding hydrogens is 406 g/mol. The van der Waals surface area contributed by atoms with Gasteiger partial charge in [-0.25, -0.2) is 0 Å². The number of nitrogens with two attached hydrogens (primary N) is 1. The van der Waals surface area contributed by atoms with Crippen LogP contribution in [-0.4, -0.2) is 51.9 Å². The molecule has 4 N–H and O–H groups in total. The van der Waals surface area contributed by atoms with Gasteiger partial charge in [-0.1, -0.05) is 17.3 Å². The number of carbonyl (C=O) groups is 3. The van der Waals surface area contributed by atoms with Crippen LogP contribution < -0.4 is 16.4 Å².